The number of hydrogen-bond donors (Lipinski definition) is 0. The first-order valence-electron chi connectivity index (χ1n) is 8.60. The Bertz CT molecular complexity index is 760. The van der Waals surface area contributed by atoms with Crippen molar-refractivity contribution < 1.29 is 22.7 Å². The first-order valence-corrected chi connectivity index (χ1v) is 10.0. The molecule has 1 aromatic carbocycles. The number of rotatable bonds is 6. The van der Waals surface area contributed by atoms with Gasteiger partial charge in [-0.15, -0.1) is 0 Å². The van der Waals surface area contributed by atoms with Gasteiger partial charge in [-0.1, -0.05) is 18.2 Å². The molecule has 1 aromatic rings. The van der Waals surface area contributed by atoms with E-state index in [1.807, 2.05) is 0 Å². The van der Waals surface area contributed by atoms with Crippen molar-refractivity contribution in [3.63, 3.8) is 0 Å². The van der Waals surface area contributed by atoms with Crippen LogP contribution >= 0.6 is 0 Å². The first-order chi connectivity index (χ1) is 12.4. The molecular weight excluding hydrogens is 358 g/mol. The molecular formula is C17H23N3O5S. The molecule has 3 amide bonds. The fraction of sp³-hybridized carbons (Fsp3) is 0.529. The van der Waals surface area contributed by atoms with Gasteiger partial charge in [-0.25, -0.2) is 13.2 Å². The monoisotopic (exact) mass is 381 g/mol. The number of amides is 3. The number of methoxy groups -OCH3 is 1. The molecule has 2 saturated heterocycles. The zero-order valence-electron chi connectivity index (χ0n) is 14.7. The van der Waals surface area contributed by atoms with E-state index in [0.29, 0.717) is 32.5 Å². The number of carbonyl (C=O) groups excluding carboxylic acids is 2. The van der Waals surface area contributed by atoms with E-state index < -0.39 is 10.0 Å². The lowest BCUT2D eigenvalue weighted by atomic mass is 10.1. The van der Waals surface area contributed by atoms with Gasteiger partial charge >= 0.3 is 6.03 Å². The third kappa shape index (κ3) is 3.60. The third-order valence-electron chi connectivity index (χ3n) is 4.85. The van der Waals surface area contributed by atoms with Crippen molar-refractivity contribution in [2.75, 3.05) is 39.9 Å². The predicted molar refractivity (Wildman–Crippen MR) is 93.9 cm³/mol. The molecule has 3 rings (SSSR count). The zero-order valence-corrected chi connectivity index (χ0v) is 15.5. The van der Waals surface area contributed by atoms with Gasteiger partial charge in [0.25, 0.3) is 0 Å². The highest BCUT2D eigenvalue weighted by Gasteiger charge is 2.41. The van der Waals surface area contributed by atoms with Gasteiger partial charge in [-0.3, -0.25) is 9.69 Å². The van der Waals surface area contributed by atoms with Crippen molar-refractivity contribution in [3.05, 3.63) is 30.3 Å². The summed E-state index contributed by atoms with van der Waals surface area (Å²) in [5.41, 5.74) is 0. The number of imide groups is 1. The smallest absolute Gasteiger partial charge is 0.327 e. The second-order valence-corrected chi connectivity index (χ2v) is 8.33. The summed E-state index contributed by atoms with van der Waals surface area (Å²) in [6.07, 6.45) is 1.03. The van der Waals surface area contributed by atoms with E-state index >= 15 is 0 Å². The molecule has 0 radical (unpaired) electrons. The summed E-state index contributed by atoms with van der Waals surface area (Å²) in [6, 6.07) is 7.90. The van der Waals surface area contributed by atoms with Gasteiger partial charge in [-0.05, 0) is 25.0 Å². The molecule has 0 atom stereocenters. The lowest BCUT2D eigenvalue weighted by Gasteiger charge is -2.35. The molecule has 2 aliphatic rings. The van der Waals surface area contributed by atoms with Crippen LogP contribution in [0.1, 0.15) is 12.8 Å². The van der Waals surface area contributed by atoms with Gasteiger partial charge in [0, 0.05) is 26.2 Å². The van der Waals surface area contributed by atoms with Crippen molar-refractivity contribution in [2.24, 2.45) is 0 Å². The summed E-state index contributed by atoms with van der Waals surface area (Å²) in [5, 5.41) is 0. The minimum Gasteiger partial charge on any atom is -0.383 e. The standard InChI is InChI=1S/C17H23N3O5S/c1-25-12-11-19-16(21)13-20(17(19)22)14-7-9-18(10-8-14)26(23,24)15-5-3-2-4-6-15/h2-6,14H,7-13H2,1H3. The highest BCUT2D eigenvalue weighted by molar-refractivity contribution is 7.89. The van der Waals surface area contributed by atoms with E-state index in [-0.39, 0.29) is 36.0 Å². The van der Waals surface area contributed by atoms with Gasteiger partial charge in [0.1, 0.15) is 6.54 Å². The minimum atomic E-state index is -3.52. The Morgan fingerprint density at radius 1 is 1.12 bits per heavy atom. The van der Waals surface area contributed by atoms with Crippen LogP contribution in [0.4, 0.5) is 4.79 Å². The molecule has 9 heteroatoms. The van der Waals surface area contributed by atoms with Crippen LogP contribution in [-0.2, 0) is 19.6 Å². The Hall–Kier alpha value is -1.97. The second-order valence-electron chi connectivity index (χ2n) is 6.40. The molecule has 0 spiro atoms. The fourth-order valence-electron chi connectivity index (χ4n) is 3.38. The van der Waals surface area contributed by atoms with Crippen LogP contribution in [0.25, 0.3) is 0 Å². The maximum absolute atomic E-state index is 12.7. The van der Waals surface area contributed by atoms with E-state index in [2.05, 4.69) is 0 Å². The number of hydrogen-bond acceptors (Lipinski definition) is 5. The lowest BCUT2D eigenvalue weighted by Crippen LogP contribution is -2.48. The fourth-order valence-corrected chi connectivity index (χ4v) is 4.88. The molecule has 8 nitrogen and oxygen atoms in total. The number of piperidine rings is 1. The van der Waals surface area contributed by atoms with E-state index in [1.54, 1.807) is 35.2 Å². The lowest BCUT2D eigenvalue weighted by molar-refractivity contribution is -0.125. The molecule has 26 heavy (non-hydrogen) atoms. The van der Waals surface area contributed by atoms with Crippen LogP contribution in [0, 0.1) is 0 Å². The number of urea groups is 1. The summed E-state index contributed by atoms with van der Waals surface area (Å²) in [7, 11) is -2.00. The minimum absolute atomic E-state index is 0.0542. The Morgan fingerprint density at radius 3 is 2.38 bits per heavy atom. The van der Waals surface area contributed by atoms with Gasteiger partial charge in [0.15, 0.2) is 0 Å². The van der Waals surface area contributed by atoms with E-state index in [4.69, 9.17) is 4.74 Å². The van der Waals surface area contributed by atoms with Crippen LogP contribution in [0.3, 0.4) is 0 Å². The van der Waals surface area contributed by atoms with Crippen LogP contribution < -0.4 is 0 Å². The largest absolute Gasteiger partial charge is 0.383 e. The number of benzene rings is 1. The Kier molecular flexibility index (Phi) is 5.59. The SMILES string of the molecule is COCCN1C(=O)CN(C2CCN(S(=O)(=O)c3ccccc3)CC2)C1=O. The second kappa shape index (κ2) is 7.73. The predicted octanol–water partition coefficient (Wildman–Crippen LogP) is 0.750. The van der Waals surface area contributed by atoms with Crippen molar-refractivity contribution in [1.29, 1.82) is 0 Å². The van der Waals surface area contributed by atoms with Crippen molar-refractivity contribution in [2.45, 2.75) is 23.8 Å². The molecule has 2 fully saturated rings. The molecule has 0 saturated carbocycles. The average molecular weight is 381 g/mol. The molecule has 0 unspecified atom stereocenters. The highest BCUT2D eigenvalue weighted by Crippen LogP contribution is 2.25. The third-order valence-corrected chi connectivity index (χ3v) is 6.76. The normalized spacial score (nSPS) is 20.2. The maximum Gasteiger partial charge on any atom is 0.327 e. The summed E-state index contributed by atoms with van der Waals surface area (Å²) < 4.78 is 31.7. The van der Waals surface area contributed by atoms with Gasteiger partial charge in [-0.2, -0.15) is 4.31 Å². The molecule has 0 aromatic heterocycles. The summed E-state index contributed by atoms with van der Waals surface area (Å²) in [4.78, 5) is 27.6. The Morgan fingerprint density at radius 2 is 1.77 bits per heavy atom. The summed E-state index contributed by atoms with van der Waals surface area (Å²) in [5.74, 6) is -0.230. The van der Waals surface area contributed by atoms with Crippen molar-refractivity contribution >= 4 is 22.0 Å². The van der Waals surface area contributed by atoms with E-state index in [9.17, 15) is 18.0 Å². The highest BCUT2D eigenvalue weighted by atomic mass is 32.2. The number of nitrogens with zero attached hydrogens (tertiary/aromatic N) is 3. The van der Waals surface area contributed by atoms with E-state index in [1.165, 1.54) is 16.3 Å². The number of sulfonamides is 1. The first kappa shape index (κ1) is 18.8. The molecule has 0 N–H and O–H groups in total. The molecule has 0 bridgehead atoms. The van der Waals surface area contributed by atoms with Crippen molar-refractivity contribution in [3.8, 4) is 0 Å². The Labute approximate surface area is 153 Å². The average Bonchev–Trinajstić information content (AvgIpc) is 2.95. The summed E-state index contributed by atoms with van der Waals surface area (Å²) >= 11 is 0. The quantitative estimate of drug-likeness (QED) is 0.679. The number of ether oxygens (including phenoxy) is 1. The van der Waals surface area contributed by atoms with Crippen LogP contribution in [0.2, 0.25) is 0 Å². The molecule has 2 aliphatic heterocycles. The van der Waals surface area contributed by atoms with Gasteiger partial charge in [0.05, 0.1) is 18.0 Å². The van der Waals surface area contributed by atoms with Crippen molar-refractivity contribution in [1.82, 2.24) is 14.1 Å². The molecule has 0 aliphatic carbocycles. The Balaban J connectivity index is 1.62. The van der Waals surface area contributed by atoms with Gasteiger partial charge in [0.2, 0.25) is 15.9 Å². The maximum atomic E-state index is 12.7. The zero-order chi connectivity index (χ0) is 18.7. The summed E-state index contributed by atoms with van der Waals surface area (Å²) in [6.45, 7) is 1.26. The van der Waals surface area contributed by atoms with Crippen LogP contribution in [0.5, 0.6) is 0 Å². The number of carbonyl (C=O) groups is 2. The van der Waals surface area contributed by atoms with E-state index in [0.717, 1.165) is 0 Å². The van der Waals surface area contributed by atoms with Crippen LogP contribution in [0.15, 0.2) is 35.2 Å². The molecule has 142 valence electrons. The topological polar surface area (TPSA) is 87.2 Å². The molecule has 2 heterocycles. The van der Waals surface area contributed by atoms with Crippen LogP contribution in [-0.4, -0.2) is 80.4 Å². The van der Waals surface area contributed by atoms with Gasteiger partial charge < -0.3 is 9.64 Å².